The number of hydrogen-bond acceptors (Lipinski definition) is 3. The third-order valence-electron chi connectivity index (χ3n) is 5.75. The number of rotatable bonds is 5. The molecule has 0 heterocycles. The number of isothiocyanates is 1. The van der Waals surface area contributed by atoms with E-state index in [-0.39, 0.29) is 18.0 Å². The standard InChI is InChI=1S/C20H26N2OS/c1-2-14-3-5-15(6-4-14)16-7-9-17(10-8-16)20(23)22-19-11-18(12-19)21-13-24/h7-10,14-15,18-19H,2-6,11-12H2,1H3,(H,22,23)/t14-,15-,18-,19+. The van der Waals surface area contributed by atoms with Crippen LogP contribution < -0.4 is 5.32 Å². The minimum absolute atomic E-state index is 0.0195. The van der Waals surface area contributed by atoms with Crippen LogP contribution >= 0.6 is 12.2 Å². The predicted octanol–water partition coefficient (Wildman–Crippen LogP) is 4.73. The number of hydrogen-bond donors (Lipinski definition) is 1. The van der Waals surface area contributed by atoms with Crippen molar-refractivity contribution in [3.8, 4) is 0 Å². The van der Waals surface area contributed by atoms with E-state index in [0.717, 1.165) is 24.3 Å². The lowest BCUT2D eigenvalue weighted by Gasteiger charge is -2.32. The van der Waals surface area contributed by atoms with Crippen molar-refractivity contribution in [1.82, 2.24) is 5.32 Å². The average Bonchev–Trinajstić information content (AvgIpc) is 2.60. The second-order valence-electron chi connectivity index (χ2n) is 7.26. The van der Waals surface area contributed by atoms with Crippen LogP contribution in [0.2, 0.25) is 0 Å². The van der Waals surface area contributed by atoms with Gasteiger partial charge in [-0.1, -0.05) is 25.5 Å². The van der Waals surface area contributed by atoms with Crippen LogP contribution in [0.5, 0.6) is 0 Å². The summed E-state index contributed by atoms with van der Waals surface area (Å²) in [5.74, 6) is 1.61. The summed E-state index contributed by atoms with van der Waals surface area (Å²) in [6.45, 7) is 2.30. The summed E-state index contributed by atoms with van der Waals surface area (Å²) in [5, 5.41) is 5.49. The molecular weight excluding hydrogens is 316 g/mol. The summed E-state index contributed by atoms with van der Waals surface area (Å²) in [5.41, 5.74) is 2.14. The van der Waals surface area contributed by atoms with E-state index in [4.69, 9.17) is 0 Å². The number of thiocarbonyl (C=S) groups is 1. The van der Waals surface area contributed by atoms with Crippen molar-refractivity contribution in [2.45, 2.75) is 69.9 Å². The fourth-order valence-corrected chi connectivity index (χ4v) is 4.11. The highest BCUT2D eigenvalue weighted by atomic mass is 32.1. The Morgan fingerprint density at radius 1 is 1.21 bits per heavy atom. The molecule has 0 atom stereocenters. The highest BCUT2D eigenvalue weighted by molar-refractivity contribution is 7.78. The molecule has 2 aliphatic rings. The molecule has 0 bridgehead atoms. The van der Waals surface area contributed by atoms with E-state index >= 15 is 0 Å². The zero-order valence-electron chi connectivity index (χ0n) is 14.3. The minimum Gasteiger partial charge on any atom is -0.349 e. The van der Waals surface area contributed by atoms with Crippen molar-refractivity contribution in [2.24, 2.45) is 10.9 Å². The van der Waals surface area contributed by atoms with Crippen LogP contribution in [-0.2, 0) is 0 Å². The molecule has 1 aromatic carbocycles. The zero-order valence-corrected chi connectivity index (χ0v) is 15.1. The van der Waals surface area contributed by atoms with E-state index in [1.165, 1.54) is 37.7 Å². The van der Waals surface area contributed by atoms with Crippen LogP contribution in [0.1, 0.15) is 73.7 Å². The van der Waals surface area contributed by atoms with E-state index in [1.54, 1.807) is 0 Å². The Balaban J connectivity index is 1.51. The average molecular weight is 343 g/mol. The topological polar surface area (TPSA) is 41.5 Å². The molecule has 1 aromatic rings. The van der Waals surface area contributed by atoms with Crippen LogP contribution in [0, 0.1) is 5.92 Å². The van der Waals surface area contributed by atoms with Crippen molar-refractivity contribution in [2.75, 3.05) is 0 Å². The number of carbonyl (C=O) groups excluding carboxylic acids is 1. The summed E-state index contributed by atoms with van der Waals surface area (Å²) in [7, 11) is 0. The molecule has 1 N–H and O–H groups in total. The van der Waals surface area contributed by atoms with Crippen LogP contribution in [-0.4, -0.2) is 23.2 Å². The molecular formula is C20H26N2OS. The molecule has 3 rings (SSSR count). The van der Waals surface area contributed by atoms with Gasteiger partial charge in [-0.2, -0.15) is 0 Å². The zero-order chi connectivity index (χ0) is 16.9. The van der Waals surface area contributed by atoms with Crippen LogP contribution in [0.25, 0.3) is 0 Å². The summed E-state index contributed by atoms with van der Waals surface area (Å²) < 4.78 is 0. The second-order valence-corrected chi connectivity index (χ2v) is 7.45. The maximum atomic E-state index is 12.3. The fourth-order valence-electron chi connectivity index (χ4n) is 3.97. The van der Waals surface area contributed by atoms with E-state index < -0.39 is 0 Å². The predicted molar refractivity (Wildman–Crippen MR) is 101 cm³/mol. The third-order valence-corrected chi connectivity index (χ3v) is 5.86. The highest BCUT2D eigenvalue weighted by Crippen LogP contribution is 2.36. The Bertz CT molecular complexity index is 607. The van der Waals surface area contributed by atoms with Gasteiger partial charge in [-0.15, -0.1) is 0 Å². The fraction of sp³-hybridized carbons (Fsp3) is 0.600. The molecule has 24 heavy (non-hydrogen) atoms. The molecule has 0 aliphatic heterocycles. The lowest BCUT2D eigenvalue weighted by Crippen LogP contribution is -2.46. The lowest BCUT2D eigenvalue weighted by atomic mass is 9.78. The first kappa shape index (κ1) is 17.3. The molecule has 128 valence electrons. The molecule has 3 nitrogen and oxygen atoms in total. The SMILES string of the molecule is CC[C@H]1CC[C@H](c2ccc(C(=O)N[C@H]3C[C@@H](N=C=S)C3)cc2)CC1. The Morgan fingerprint density at radius 3 is 2.46 bits per heavy atom. The molecule has 2 fully saturated rings. The smallest absolute Gasteiger partial charge is 0.251 e. The Labute approximate surface area is 149 Å². The molecule has 2 aliphatic carbocycles. The molecule has 0 spiro atoms. The van der Waals surface area contributed by atoms with E-state index in [1.807, 2.05) is 12.1 Å². The first-order valence-corrected chi connectivity index (χ1v) is 9.58. The van der Waals surface area contributed by atoms with Crippen LogP contribution in [0.15, 0.2) is 29.3 Å². The Morgan fingerprint density at radius 2 is 1.88 bits per heavy atom. The second kappa shape index (κ2) is 8.04. The van der Waals surface area contributed by atoms with Crippen molar-refractivity contribution in [1.29, 1.82) is 0 Å². The summed E-state index contributed by atoms with van der Waals surface area (Å²) in [4.78, 5) is 16.4. The maximum absolute atomic E-state index is 12.3. The van der Waals surface area contributed by atoms with Crippen molar-refractivity contribution in [3.05, 3.63) is 35.4 Å². The largest absolute Gasteiger partial charge is 0.349 e. The van der Waals surface area contributed by atoms with Crippen molar-refractivity contribution < 1.29 is 4.79 Å². The number of nitrogens with zero attached hydrogens (tertiary/aromatic N) is 1. The Kier molecular flexibility index (Phi) is 5.80. The van der Waals surface area contributed by atoms with Gasteiger partial charge in [0.2, 0.25) is 0 Å². The van der Waals surface area contributed by atoms with E-state index in [9.17, 15) is 4.79 Å². The van der Waals surface area contributed by atoms with Gasteiger partial charge in [-0.25, -0.2) is 4.99 Å². The first-order chi connectivity index (χ1) is 11.7. The van der Waals surface area contributed by atoms with Gasteiger partial charge in [0.05, 0.1) is 11.2 Å². The highest BCUT2D eigenvalue weighted by Gasteiger charge is 2.30. The first-order valence-electron chi connectivity index (χ1n) is 9.17. The van der Waals surface area contributed by atoms with Crippen molar-refractivity contribution >= 4 is 23.3 Å². The molecule has 0 radical (unpaired) electrons. The third kappa shape index (κ3) is 4.12. The number of amides is 1. The van der Waals surface area contributed by atoms with Crippen molar-refractivity contribution in [3.63, 3.8) is 0 Å². The lowest BCUT2D eigenvalue weighted by molar-refractivity contribution is 0.0910. The van der Waals surface area contributed by atoms with Gasteiger partial charge < -0.3 is 5.32 Å². The molecule has 0 unspecified atom stereocenters. The number of carbonyl (C=O) groups is 1. The molecule has 1 amide bonds. The summed E-state index contributed by atoms with van der Waals surface area (Å²) in [6.07, 6.45) is 8.31. The van der Waals surface area contributed by atoms with Crippen LogP contribution in [0.4, 0.5) is 0 Å². The Hall–Kier alpha value is -1.51. The van der Waals surface area contributed by atoms with Gasteiger partial charge in [0.15, 0.2) is 0 Å². The van der Waals surface area contributed by atoms with Crippen LogP contribution in [0.3, 0.4) is 0 Å². The van der Waals surface area contributed by atoms with Gasteiger partial charge >= 0.3 is 0 Å². The monoisotopic (exact) mass is 342 g/mol. The summed E-state index contributed by atoms with van der Waals surface area (Å²) in [6, 6.07) is 8.70. The summed E-state index contributed by atoms with van der Waals surface area (Å²) >= 11 is 4.61. The minimum atomic E-state index is 0.0195. The molecule has 2 saturated carbocycles. The van der Waals surface area contributed by atoms with E-state index in [0.29, 0.717) is 5.92 Å². The maximum Gasteiger partial charge on any atom is 0.251 e. The normalized spacial score (nSPS) is 29.2. The molecule has 0 aromatic heterocycles. The number of benzene rings is 1. The quantitative estimate of drug-likeness (QED) is 0.620. The van der Waals surface area contributed by atoms with E-state index in [2.05, 4.69) is 46.7 Å². The molecule has 4 heteroatoms. The van der Waals surface area contributed by atoms with Gasteiger partial charge in [-0.05, 0) is 80.3 Å². The number of aliphatic imine (C=N–C) groups is 1. The van der Waals surface area contributed by atoms with Gasteiger partial charge in [0.25, 0.3) is 5.91 Å². The number of nitrogens with one attached hydrogen (secondary N) is 1. The van der Waals surface area contributed by atoms with Gasteiger partial charge in [0, 0.05) is 11.6 Å². The van der Waals surface area contributed by atoms with Gasteiger partial charge in [0.1, 0.15) is 0 Å². The van der Waals surface area contributed by atoms with Gasteiger partial charge in [-0.3, -0.25) is 4.79 Å². The molecule has 0 saturated heterocycles.